The number of nitrogens with zero attached hydrogens (tertiary/aromatic N) is 3. The summed E-state index contributed by atoms with van der Waals surface area (Å²) in [5, 5.41) is 9.75. The smallest absolute Gasteiger partial charge is 0.320 e. The van der Waals surface area contributed by atoms with Crippen LogP contribution >= 0.6 is 0 Å². The van der Waals surface area contributed by atoms with Gasteiger partial charge < -0.3 is 9.73 Å². The van der Waals surface area contributed by atoms with E-state index in [4.69, 9.17) is 4.42 Å². The van der Waals surface area contributed by atoms with Gasteiger partial charge in [0.05, 0.1) is 18.4 Å². The van der Waals surface area contributed by atoms with Gasteiger partial charge in [-0.1, -0.05) is 27.7 Å². The molecule has 0 aliphatic heterocycles. The van der Waals surface area contributed by atoms with Gasteiger partial charge in [-0.2, -0.15) is 5.10 Å². The molecule has 0 unspecified atom stereocenters. The van der Waals surface area contributed by atoms with Crippen molar-refractivity contribution in [3.63, 3.8) is 0 Å². The molecule has 0 bridgehead atoms. The Hall–Kier alpha value is -2.31. The van der Waals surface area contributed by atoms with Crippen molar-refractivity contribution in [2.75, 3.05) is 5.32 Å². The van der Waals surface area contributed by atoms with E-state index in [1.807, 2.05) is 33.8 Å². The predicted octanol–water partition coefficient (Wildman–Crippen LogP) is 2.59. The molecule has 7 nitrogen and oxygen atoms in total. The highest BCUT2D eigenvalue weighted by atomic mass is 16.4. The van der Waals surface area contributed by atoms with Gasteiger partial charge in [0.2, 0.25) is 5.89 Å². The number of rotatable bonds is 4. The number of urea groups is 1. The lowest BCUT2D eigenvalue weighted by Crippen LogP contribution is -2.29. The number of hydrogen-bond donors (Lipinski definition) is 2. The first-order chi connectivity index (χ1) is 10.3. The summed E-state index contributed by atoms with van der Waals surface area (Å²) in [6.07, 6.45) is 2.52. The lowest BCUT2D eigenvalue weighted by molar-refractivity contribution is 0.250. The third-order valence-electron chi connectivity index (χ3n) is 3.23. The fourth-order valence-corrected chi connectivity index (χ4v) is 1.87. The average Bonchev–Trinajstić information content (AvgIpc) is 3.03. The van der Waals surface area contributed by atoms with Crippen LogP contribution in [0.1, 0.15) is 45.0 Å². The van der Waals surface area contributed by atoms with Crippen molar-refractivity contribution in [1.82, 2.24) is 20.1 Å². The summed E-state index contributed by atoms with van der Waals surface area (Å²) in [5.74, 6) is 1.93. The predicted molar refractivity (Wildman–Crippen MR) is 83.6 cm³/mol. The molecular weight excluding hydrogens is 282 g/mol. The molecule has 0 aliphatic rings. The third-order valence-corrected chi connectivity index (χ3v) is 3.23. The van der Waals surface area contributed by atoms with E-state index in [9.17, 15) is 4.79 Å². The maximum absolute atomic E-state index is 11.9. The zero-order chi connectivity index (χ0) is 16.3. The first-order valence-electron chi connectivity index (χ1n) is 7.32. The van der Waals surface area contributed by atoms with Gasteiger partial charge in [0.1, 0.15) is 11.6 Å². The molecule has 120 valence electrons. The van der Waals surface area contributed by atoms with Crippen molar-refractivity contribution in [1.29, 1.82) is 0 Å². The van der Waals surface area contributed by atoms with Gasteiger partial charge in [-0.3, -0.25) is 10.00 Å². The van der Waals surface area contributed by atoms with E-state index in [0.29, 0.717) is 11.7 Å². The molecule has 0 aliphatic carbocycles. The van der Waals surface area contributed by atoms with Gasteiger partial charge in [0.15, 0.2) is 0 Å². The molecular formula is C15H23N5O2. The highest BCUT2D eigenvalue weighted by Crippen LogP contribution is 2.22. The Morgan fingerprint density at radius 2 is 2.14 bits per heavy atom. The quantitative estimate of drug-likeness (QED) is 0.909. The van der Waals surface area contributed by atoms with Crippen molar-refractivity contribution in [3.05, 3.63) is 29.6 Å². The first kappa shape index (κ1) is 16.1. The number of nitrogens with one attached hydrogen (secondary N) is 2. The van der Waals surface area contributed by atoms with Crippen LogP contribution in [0.3, 0.4) is 0 Å². The minimum absolute atomic E-state index is 0.0984. The molecule has 2 N–H and O–H groups in total. The lowest BCUT2D eigenvalue weighted by atomic mass is 9.94. The highest BCUT2D eigenvalue weighted by Gasteiger charge is 2.19. The SMILES string of the molecule is CCc1cc(NC(=O)NCc2ncc(C(C)(C)C)o2)n(C)n1. The Kier molecular flexibility index (Phi) is 4.54. The second-order valence-corrected chi connectivity index (χ2v) is 6.17. The number of carbonyl (C=O) groups excluding carboxylic acids is 1. The number of hydrogen-bond acceptors (Lipinski definition) is 4. The average molecular weight is 305 g/mol. The zero-order valence-electron chi connectivity index (χ0n) is 13.7. The Morgan fingerprint density at radius 1 is 1.41 bits per heavy atom. The summed E-state index contributed by atoms with van der Waals surface area (Å²) < 4.78 is 7.26. The van der Waals surface area contributed by atoms with E-state index in [1.54, 1.807) is 17.9 Å². The van der Waals surface area contributed by atoms with Crippen LogP contribution in [0.4, 0.5) is 10.6 Å². The third kappa shape index (κ3) is 3.87. The fourth-order valence-electron chi connectivity index (χ4n) is 1.87. The Labute approximate surface area is 130 Å². The van der Waals surface area contributed by atoms with E-state index in [1.165, 1.54) is 0 Å². The molecule has 7 heteroatoms. The molecule has 0 saturated carbocycles. The maximum atomic E-state index is 11.9. The second-order valence-electron chi connectivity index (χ2n) is 6.17. The van der Waals surface area contributed by atoms with Gasteiger partial charge in [-0.25, -0.2) is 9.78 Å². The highest BCUT2D eigenvalue weighted by molar-refractivity contribution is 5.88. The Balaban J connectivity index is 1.90. The van der Waals surface area contributed by atoms with Crippen LogP contribution in [0, 0.1) is 0 Å². The van der Waals surface area contributed by atoms with Gasteiger partial charge in [0, 0.05) is 18.5 Å². The maximum Gasteiger partial charge on any atom is 0.320 e. The number of aryl methyl sites for hydroxylation is 2. The first-order valence-corrected chi connectivity index (χ1v) is 7.32. The summed E-state index contributed by atoms with van der Waals surface area (Å²) in [6, 6.07) is 1.53. The van der Waals surface area contributed by atoms with Crippen LogP contribution in [0.25, 0.3) is 0 Å². The number of aromatic nitrogens is 3. The molecule has 2 aromatic rings. The minimum atomic E-state index is -0.318. The fraction of sp³-hybridized carbons (Fsp3) is 0.533. The molecule has 2 aromatic heterocycles. The van der Waals surface area contributed by atoms with Crippen LogP contribution in [-0.4, -0.2) is 20.8 Å². The molecule has 0 saturated heterocycles. The summed E-state index contributed by atoms with van der Waals surface area (Å²) in [7, 11) is 1.79. The molecule has 0 spiro atoms. The van der Waals surface area contributed by atoms with Crippen molar-refractivity contribution in [2.45, 2.75) is 46.1 Å². The molecule has 0 aromatic carbocycles. The summed E-state index contributed by atoms with van der Waals surface area (Å²) in [5.41, 5.74) is 0.832. The summed E-state index contributed by atoms with van der Waals surface area (Å²) in [4.78, 5) is 16.1. The summed E-state index contributed by atoms with van der Waals surface area (Å²) >= 11 is 0. The number of oxazole rings is 1. The zero-order valence-corrected chi connectivity index (χ0v) is 13.7. The van der Waals surface area contributed by atoms with Crippen molar-refractivity contribution in [2.24, 2.45) is 7.05 Å². The molecule has 2 amide bonds. The largest absolute Gasteiger partial charge is 0.443 e. The monoisotopic (exact) mass is 305 g/mol. The number of carbonyl (C=O) groups is 1. The standard InChI is InChI=1S/C15H23N5O2/c1-6-10-7-12(20(5)19-10)18-14(21)17-9-13-16-8-11(22-13)15(2,3)4/h7-8H,6,9H2,1-5H3,(H2,17,18,21). The van der Waals surface area contributed by atoms with Gasteiger partial charge in [-0.05, 0) is 6.42 Å². The van der Waals surface area contributed by atoms with Crippen LogP contribution in [0.5, 0.6) is 0 Å². The number of anilines is 1. The van der Waals surface area contributed by atoms with Crippen LogP contribution < -0.4 is 10.6 Å². The van der Waals surface area contributed by atoms with Gasteiger partial charge in [0.25, 0.3) is 0 Å². The van der Waals surface area contributed by atoms with E-state index >= 15 is 0 Å². The van der Waals surface area contributed by atoms with Crippen LogP contribution in [0.15, 0.2) is 16.7 Å². The van der Waals surface area contributed by atoms with E-state index in [0.717, 1.165) is 17.9 Å². The van der Waals surface area contributed by atoms with Gasteiger partial charge >= 0.3 is 6.03 Å². The van der Waals surface area contributed by atoms with Crippen LogP contribution in [0.2, 0.25) is 0 Å². The molecule has 2 rings (SSSR count). The molecule has 22 heavy (non-hydrogen) atoms. The molecule has 0 fully saturated rings. The lowest BCUT2D eigenvalue weighted by Gasteiger charge is -2.13. The van der Waals surface area contributed by atoms with E-state index < -0.39 is 0 Å². The van der Waals surface area contributed by atoms with E-state index in [-0.39, 0.29) is 18.0 Å². The summed E-state index contributed by atoms with van der Waals surface area (Å²) in [6.45, 7) is 8.39. The molecule has 2 heterocycles. The minimum Gasteiger partial charge on any atom is -0.443 e. The van der Waals surface area contributed by atoms with Crippen molar-refractivity contribution >= 4 is 11.8 Å². The van der Waals surface area contributed by atoms with Crippen molar-refractivity contribution in [3.8, 4) is 0 Å². The Bertz CT molecular complexity index is 651. The van der Waals surface area contributed by atoms with Crippen molar-refractivity contribution < 1.29 is 9.21 Å². The number of amides is 2. The molecule has 0 radical (unpaired) electrons. The topological polar surface area (TPSA) is 85.0 Å². The van der Waals surface area contributed by atoms with Gasteiger partial charge in [-0.15, -0.1) is 0 Å². The van der Waals surface area contributed by atoms with Crippen LogP contribution in [-0.2, 0) is 25.4 Å². The Morgan fingerprint density at radius 3 is 2.68 bits per heavy atom. The molecule has 0 atom stereocenters. The van der Waals surface area contributed by atoms with E-state index in [2.05, 4.69) is 20.7 Å². The second kappa shape index (κ2) is 6.21. The normalized spacial score (nSPS) is 11.5.